The molecule has 0 aromatic rings. The number of rotatable bonds is 2. The molecule has 0 radical (unpaired) electrons. The van der Waals surface area contributed by atoms with E-state index in [1.54, 1.807) is 0 Å². The van der Waals surface area contributed by atoms with E-state index in [1.165, 1.54) is 12.0 Å². The van der Waals surface area contributed by atoms with Crippen molar-refractivity contribution in [1.82, 2.24) is 4.90 Å². The van der Waals surface area contributed by atoms with E-state index in [-0.39, 0.29) is 5.97 Å². The summed E-state index contributed by atoms with van der Waals surface area (Å²) >= 11 is 0. The van der Waals surface area contributed by atoms with Crippen molar-refractivity contribution in [3.8, 4) is 0 Å². The van der Waals surface area contributed by atoms with Crippen molar-refractivity contribution in [3.63, 3.8) is 0 Å². The van der Waals surface area contributed by atoms with Crippen LogP contribution in [0.4, 0.5) is 4.79 Å². The molecule has 1 saturated heterocycles. The third kappa shape index (κ3) is 2.76. The molecule has 104 valence electrons. The average Bonchev–Trinajstić information content (AvgIpc) is 2.70. The van der Waals surface area contributed by atoms with E-state index in [1.807, 2.05) is 27.7 Å². The molecule has 1 fully saturated rings. The van der Waals surface area contributed by atoms with Gasteiger partial charge in [-0.15, -0.1) is 0 Å². The maximum Gasteiger partial charge on any atom is 0.411 e. The molecule has 0 aliphatic carbocycles. The summed E-state index contributed by atoms with van der Waals surface area (Å²) in [6.45, 7) is 7.86. The first-order valence-electron chi connectivity index (χ1n) is 6.36. The fraction of sp³-hybridized carbons (Fsp3) is 0.846. The van der Waals surface area contributed by atoms with Crippen molar-refractivity contribution in [2.75, 3.05) is 13.7 Å². The lowest BCUT2D eigenvalue weighted by molar-refractivity contribution is -0.153. The number of carbonyl (C=O) groups is 2. The predicted molar refractivity (Wildman–Crippen MR) is 67.2 cm³/mol. The molecule has 18 heavy (non-hydrogen) atoms. The summed E-state index contributed by atoms with van der Waals surface area (Å²) in [5.41, 5.74) is -1.41. The van der Waals surface area contributed by atoms with Crippen LogP contribution in [0.2, 0.25) is 0 Å². The Bertz CT molecular complexity index is 334. The zero-order chi connectivity index (χ0) is 14.0. The highest BCUT2D eigenvalue weighted by atomic mass is 16.6. The summed E-state index contributed by atoms with van der Waals surface area (Å²) in [6.07, 6.45) is 1.53. The molecular weight excluding hydrogens is 234 g/mol. The zero-order valence-corrected chi connectivity index (χ0v) is 11.9. The Morgan fingerprint density at radius 1 is 1.33 bits per heavy atom. The number of methoxy groups -OCH3 is 1. The van der Waals surface area contributed by atoms with Gasteiger partial charge < -0.3 is 9.47 Å². The largest absolute Gasteiger partial charge is 0.467 e. The number of esters is 1. The van der Waals surface area contributed by atoms with Gasteiger partial charge in [0.2, 0.25) is 0 Å². The van der Waals surface area contributed by atoms with E-state index < -0.39 is 17.2 Å². The van der Waals surface area contributed by atoms with E-state index in [2.05, 4.69) is 0 Å². The minimum absolute atomic E-state index is 0.353. The van der Waals surface area contributed by atoms with Crippen molar-refractivity contribution in [3.05, 3.63) is 0 Å². The number of carbonyl (C=O) groups excluding carboxylic acids is 2. The molecule has 1 heterocycles. The third-order valence-electron chi connectivity index (χ3n) is 3.25. The number of hydrogen-bond acceptors (Lipinski definition) is 4. The molecule has 0 saturated carbocycles. The Balaban J connectivity index is 2.93. The monoisotopic (exact) mass is 257 g/mol. The van der Waals surface area contributed by atoms with Crippen LogP contribution in [0, 0.1) is 0 Å². The topological polar surface area (TPSA) is 55.8 Å². The van der Waals surface area contributed by atoms with Crippen LogP contribution in [0.3, 0.4) is 0 Å². The fourth-order valence-corrected chi connectivity index (χ4v) is 2.38. The van der Waals surface area contributed by atoms with Crippen LogP contribution in [0.25, 0.3) is 0 Å². The summed E-state index contributed by atoms with van der Waals surface area (Å²) in [7, 11) is 1.35. The molecule has 0 aromatic heterocycles. The van der Waals surface area contributed by atoms with Gasteiger partial charge in [-0.1, -0.05) is 6.92 Å². The van der Waals surface area contributed by atoms with Gasteiger partial charge in [0.15, 0.2) is 0 Å². The van der Waals surface area contributed by atoms with Crippen molar-refractivity contribution in [2.24, 2.45) is 0 Å². The van der Waals surface area contributed by atoms with Crippen LogP contribution in [-0.2, 0) is 14.3 Å². The SMILES string of the molecule is CC[C@]1(C(=O)OC)CCCN1C(=O)OC(C)(C)C. The minimum atomic E-state index is -0.850. The predicted octanol–water partition coefficient (Wildman–Crippen LogP) is 2.34. The lowest BCUT2D eigenvalue weighted by Gasteiger charge is -2.36. The second-order valence-corrected chi connectivity index (χ2v) is 5.61. The van der Waals surface area contributed by atoms with Gasteiger partial charge in [0.25, 0.3) is 0 Å². The summed E-state index contributed by atoms with van der Waals surface area (Å²) in [6, 6.07) is 0. The van der Waals surface area contributed by atoms with Gasteiger partial charge in [-0.2, -0.15) is 0 Å². The van der Waals surface area contributed by atoms with Crippen LogP contribution in [-0.4, -0.2) is 41.8 Å². The Morgan fingerprint density at radius 3 is 2.39 bits per heavy atom. The van der Waals surface area contributed by atoms with E-state index in [9.17, 15) is 9.59 Å². The van der Waals surface area contributed by atoms with Crippen molar-refractivity contribution < 1.29 is 19.1 Å². The lowest BCUT2D eigenvalue weighted by atomic mass is 9.93. The highest BCUT2D eigenvalue weighted by molar-refractivity contribution is 5.86. The van der Waals surface area contributed by atoms with Crippen LogP contribution in [0.15, 0.2) is 0 Å². The molecule has 0 unspecified atom stereocenters. The van der Waals surface area contributed by atoms with Gasteiger partial charge in [0.1, 0.15) is 11.1 Å². The number of nitrogens with zero attached hydrogens (tertiary/aromatic N) is 1. The van der Waals surface area contributed by atoms with Gasteiger partial charge in [-0.3, -0.25) is 4.90 Å². The Kier molecular flexibility index (Phi) is 4.24. The molecule has 1 aliphatic heterocycles. The first-order chi connectivity index (χ1) is 8.27. The molecule has 0 bridgehead atoms. The molecule has 1 atom stereocenters. The van der Waals surface area contributed by atoms with Gasteiger partial charge >= 0.3 is 12.1 Å². The molecule has 5 heteroatoms. The minimum Gasteiger partial charge on any atom is -0.467 e. The van der Waals surface area contributed by atoms with E-state index in [4.69, 9.17) is 9.47 Å². The molecule has 0 spiro atoms. The van der Waals surface area contributed by atoms with E-state index in [0.717, 1.165) is 6.42 Å². The average molecular weight is 257 g/mol. The summed E-state index contributed by atoms with van der Waals surface area (Å²) < 4.78 is 10.2. The molecule has 1 rings (SSSR count). The maximum absolute atomic E-state index is 12.2. The second-order valence-electron chi connectivity index (χ2n) is 5.61. The van der Waals surface area contributed by atoms with Crippen LogP contribution in [0.5, 0.6) is 0 Å². The highest BCUT2D eigenvalue weighted by Gasteiger charge is 2.50. The molecule has 0 aromatic carbocycles. The van der Waals surface area contributed by atoms with Crippen molar-refractivity contribution in [1.29, 1.82) is 0 Å². The standard InChI is InChI=1S/C13H23NO4/c1-6-13(10(15)17-5)8-7-9-14(13)11(16)18-12(2,3)4/h6-9H2,1-5H3/t13-/m1/s1. The van der Waals surface area contributed by atoms with Crippen LogP contribution in [0.1, 0.15) is 47.0 Å². The quantitative estimate of drug-likeness (QED) is 0.712. The third-order valence-corrected chi connectivity index (χ3v) is 3.25. The zero-order valence-electron chi connectivity index (χ0n) is 11.9. The Morgan fingerprint density at radius 2 is 1.94 bits per heavy atom. The fourth-order valence-electron chi connectivity index (χ4n) is 2.38. The summed E-state index contributed by atoms with van der Waals surface area (Å²) in [5, 5.41) is 0. The molecule has 1 aliphatic rings. The van der Waals surface area contributed by atoms with Crippen molar-refractivity contribution >= 4 is 12.1 Å². The Labute approximate surface area is 108 Å². The highest BCUT2D eigenvalue weighted by Crippen LogP contribution is 2.34. The molecule has 0 N–H and O–H groups in total. The van der Waals surface area contributed by atoms with Gasteiger partial charge in [-0.25, -0.2) is 9.59 Å². The second kappa shape index (κ2) is 5.16. The number of likely N-dealkylation sites (tertiary alicyclic amines) is 1. The number of amides is 1. The Hall–Kier alpha value is -1.26. The smallest absolute Gasteiger partial charge is 0.411 e. The van der Waals surface area contributed by atoms with Crippen LogP contribution >= 0.6 is 0 Å². The van der Waals surface area contributed by atoms with Gasteiger partial charge in [0.05, 0.1) is 7.11 Å². The summed E-state index contributed by atoms with van der Waals surface area (Å²) in [5.74, 6) is -0.353. The molecule has 1 amide bonds. The molecule has 5 nitrogen and oxygen atoms in total. The normalized spacial score (nSPS) is 23.9. The lowest BCUT2D eigenvalue weighted by Crippen LogP contribution is -2.54. The van der Waals surface area contributed by atoms with Crippen molar-refractivity contribution in [2.45, 2.75) is 58.1 Å². The van der Waals surface area contributed by atoms with E-state index in [0.29, 0.717) is 19.4 Å². The number of ether oxygens (including phenoxy) is 2. The number of hydrogen-bond donors (Lipinski definition) is 0. The first-order valence-corrected chi connectivity index (χ1v) is 6.36. The van der Waals surface area contributed by atoms with E-state index >= 15 is 0 Å². The first kappa shape index (κ1) is 14.8. The van der Waals surface area contributed by atoms with Gasteiger partial charge in [-0.05, 0) is 40.0 Å². The van der Waals surface area contributed by atoms with Crippen LogP contribution < -0.4 is 0 Å². The molecular formula is C13H23NO4. The van der Waals surface area contributed by atoms with Gasteiger partial charge in [0, 0.05) is 6.54 Å². The maximum atomic E-state index is 12.2. The summed E-state index contributed by atoms with van der Waals surface area (Å²) in [4.78, 5) is 25.6.